The van der Waals surface area contributed by atoms with Crippen LogP contribution < -0.4 is 5.32 Å². The molecule has 9 heteroatoms. The first-order valence-electron chi connectivity index (χ1n) is 9.63. The maximum absolute atomic E-state index is 10.7. The number of hydrogen-bond donors (Lipinski definition) is 3. The van der Waals surface area contributed by atoms with Gasteiger partial charge in [0.15, 0.2) is 15.9 Å². The summed E-state index contributed by atoms with van der Waals surface area (Å²) in [5.74, 6) is 0.683. The molecule has 1 aromatic carbocycles. The number of pyridine rings is 1. The number of para-hydroxylation sites is 2. The third-order valence-electron chi connectivity index (χ3n) is 5.44. The van der Waals surface area contributed by atoms with Crippen molar-refractivity contribution >= 4 is 33.8 Å². The fraction of sp³-hybridized carbons (Fsp3) is 0.190. The number of H-pyrrole nitrogens is 1. The molecule has 0 fully saturated rings. The summed E-state index contributed by atoms with van der Waals surface area (Å²) in [5, 5.41) is 23.4. The number of hydrogen-bond acceptors (Lipinski definition) is 7. The molecule has 0 saturated heterocycles. The van der Waals surface area contributed by atoms with Crippen molar-refractivity contribution < 1.29 is 9.52 Å². The Hall–Kier alpha value is -3.14. The molecule has 1 aliphatic heterocycles. The van der Waals surface area contributed by atoms with E-state index in [0.29, 0.717) is 24.5 Å². The van der Waals surface area contributed by atoms with Crippen LogP contribution >= 0.6 is 11.8 Å². The molecule has 0 spiro atoms. The van der Waals surface area contributed by atoms with Gasteiger partial charge in [-0.25, -0.2) is 9.97 Å². The lowest BCUT2D eigenvalue weighted by Crippen LogP contribution is -2.29. The van der Waals surface area contributed by atoms with Gasteiger partial charge in [-0.2, -0.15) is 5.10 Å². The number of aliphatic hydroxyl groups excluding tert-OH is 1. The van der Waals surface area contributed by atoms with Gasteiger partial charge < -0.3 is 19.4 Å². The van der Waals surface area contributed by atoms with E-state index in [2.05, 4.69) is 25.1 Å². The van der Waals surface area contributed by atoms with Gasteiger partial charge in [-0.05, 0) is 36.0 Å². The SMILES string of the molecule is Cn1c(Sc2ccc(-c3c4c(nc5[nH]ncc35)CNCC4O)o2)nc2ccccc21. The number of benzene rings is 1. The number of aromatic nitrogens is 5. The van der Waals surface area contributed by atoms with E-state index < -0.39 is 6.10 Å². The van der Waals surface area contributed by atoms with Gasteiger partial charge in [0.1, 0.15) is 5.76 Å². The van der Waals surface area contributed by atoms with Crippen LogP contribution in [0.1, 0.15) is 17.4 Å². The second-order valence-electron chi connectivity index (χ2n) is 7.29. The van der Waals surface area contributed by atoms with Crippen LogP contribution in [0.15, 0.2) is 57.3 Å². The summed E-state index contributed by atoms with van der Waals surface area (Å²) in [5.41, 5.74) is 5.16. The number of nitrogens with one attached hydrogen (secondary N) is 2. The third kappa shape index (κ3) is 2.67. The minimum atomic E-state index is -0.656. The standard InChI is InChI=1S/C21H18N6O2S/c1-27-14-5-3-2-4-12(14)25-21(27)30-17-7-6-16(29-17)18-11-8-23-26-20(11)24-13-9-22-10-15(28)19(13)18/h2-8,15,22,28H,9-10H2,1H3,(H,23,24,26). The molecular formula is C21H18N6O2S. The van der Waals surface area contributed by atoms with Crippen LogP contribution in [0.5, 0.6) is 0 Å². The van der Waals surface area contributed by atoms with E-state index in [1.54, 1.807) is 6.20 Å². The number of β-amino-alcohol motifs (C(OH)–C–C–N with tert-alkyl or cyclic N) is 1. The fourth-order valence-electron chi connectivity index (χ4n) is 4.03. The number of aromatic amines is 1. The summed E-state index contributed by atoms with van der Waals surface area (Å²) in [7, 11) is 2.00. The van der Waals surface area contributed by atoms with Gasteiger partial charge in [0.05, 0.1) is 34.4 Å². The first-order chi connectivity index (χ1) is 14.7. The highest BCUT2D eigenvalue weighted by Gasteiger charge is 2.27. The lowest BCUT2D eigenvalue weighted by atomic mass is 9.94. The molecule has 1 unspecified atom stereocenters. The van der Waals surface area contributed by atoms with Crippen molar-refractivity contribution in [2.75, 3.05) is 6.54 Å². The predicted octanol–water partition coefficient (Wildman–Crippen LogP) is 3.39. The van der Waals surface area contributed by atoms with Gasteiger partial charge in [-0.3, -0.25) is 5.10 Å². The number of rotatable bonds is 3. The highest BCUT2D eigenvalue weighted by molar-refractivity contribution is 7.99. The first kappa shape index (κ1) is 17.7. The third-order valence-corrected chi connectivity index (χ3v) is 6.41. The molecule has 5 heterocycles. The van der Waals surface area contributed by atoms with Crippen molar-refractivity contribution in [1.29, 1.82) is 0 Å². The quantitative estimate of drug-likeness (QED) is 0.412. The summed E-state index contributed by atoms with van der Waals surface area (Å²) in [4.78, 5) is 9.33. The molecule has 3 N–H and O–H groups in total. The van der Waals surface area contributed by atoms with Crippen LogP contribution in [0.25, 0.3) is 33.4 Å². The molecule has 5 aromatic rings. The Morgan fingerprint density at radius 1 is 1.20 bits per heavy atom. The van der Waals surface area contributed by atoms with Crippen LogP contribution in [0.3, 0.4) is 0 Å². The minimum absolute atomic E-state index is 0.479. The molecule has 0 aliphatic carbocycles. The molecule has 0 amide bonds. The van der Waals surface area contributed by atoms with Crippen LogP contribution in [-0.4, -0.2) is 36.4 Å². The van der Waals surface area contributed by atoms with Crippen LogP contribution in [0.4, 0.5) is 0 Å². The molecule has 4 aromatic heterocycles. The second kappa shape index (κ2) is 6.69. The van der Waals surface area contributed by atoms with E-state index in [9.17, 15) is 5.11 Å². The van der Waals surface area contributed by atoms with E-state index in [1.165, 1.54) is 11.8 Å². The molecule has 0 bridgehead atoms. The maximum atomic E-state index is 10.7. The van der Waals surface area contributed by atoms with Crippen LogP contribution in [-0.2, 0) is 13.6 Å². The van der Waals surface area contributed by atoms with Gasteiger partial charge in [-0.15, -0.1) is 0 Å². The van der Waals surface area contributed by atoms with E-state index in [0.717, 1.165) is 43.5 Å². The Bertz CT molecular complexity index is 1400. The smallest absolute Gasteiger partial charge is 0.176 e. The predicted molar refractivity (Wildman–Crippen MR) is 113 cm³/mol. The summed E-state index contributed by atoms with van der Waals surface area (Å²) < 4.78 is 8.28. The summed E-state index contributed by atoms with van der Waals surface area (Å²) in [6.07, 6.45) is 1.07. The Labute approximate surface area is 175 Å². The van der Waals surface area contributed by atoms with Crippen molar-refractivity contribution in [3.8, 4) is 11.3 Å². The summed E-state index contributed by atoms with van der Waals surface area (Å²) in [6.45, 7) is 1.07. The molecule has 0 radical (unpaired) electrons. The topological polar surface area (TPSA) is 105 Å². The number of aryl methyl sites for hydroxylation is 1. The van der Waals surface area contributed by atoms with Gasteiger partial charge >= 0.3 is 0 Å². The Morgan fingerprint density at radius 2 is 2.10 bits per heavy atom. The molecular weight excluding hydrogens is 400 g/mol. The van der Waals surface area contributed by atoms with Gasteiger partial charge in [-0.1, -0.05) is 12.1 Å². The maximum Gasteiger partial charge on any atom is 0.176 e. The molecule has 30 heavy (non-hydrogen) atoms. The number of imidazole rings is 1. The highest BCUT2D eigenvalue weighted by atomic mass is 32.2. The van der Waals surface area contributed by atoms with Gasteiger partial charge in [0.25, 0.3) is 0 Å². The zero-order valence-corrected chi connectivity index (χ0v) is 16.9. The Kier molecular flexibility index (Phi) is 3.95. The van der Waals surface area contributed by atoms with Gasteiger partial charge in [0, 0.05) is 31.3 Å². The van der Waals surface area contributed by atoms with Crippen molar-refractivity contribution in [1.82, 2.24) is 30.0 Å². The number of furan rings is 1. The fourth-order valence-corrected chi connectivity index (χ4v) is 4.86. The van der Waals surface area contributed by atoms with Crippen LogP contribution in [0, 0.1) is 0 Å². The highest BCUT2D eigenvalue weighted by Crippen LogP contribution is 2.40. The number of fused-ring (bicyclic) bond motifs is 3. The number of aliphatic hydroxyl groups is 1. The van der Waals surface area contributed by atoms with E-state index >= 15 is 0 Å². The summed E-state index contributed by atoms with van der Waals surface area (Å²) >= 11 is 1.47. The van der Waals surface area contributed by atoms with E-state index in [4.69, 9.17) is 9.40 Å². The van der Waals surface area contributed by atoms with Crippen LogP contribution in [0.2, 0.25) is 0 Å². The number of nitrogens with zero attached hydrogens (tertiary/aromatic N) is 4. The first-order valence-corrected chi connectivity index (χ1v) is 10.4. The average molecular weight is 418 g/mol. The normalized spacial score (nSPS) is 16.4. The lowest BCUT2D eigenvalue weighted by Gasteiger charge is -2.24. The van der Waals surface area contributed by atoms with E-state index in [1.807, 2.05) is 43.4 Å². The molecule has 0 saturated carbocycles. The average Bonchev–Trinajstić information content (AvgIpc) is 3.47. The Balaban J connectivity index is 1.45. The molecule has 1 aliphatic rings. The monoisotopic (exact) mass is 418 g/mol. The lowest BCUT2D eigenvalue weighted by molar-refractivity contribution is 0.164. The Morgan fingerprint density at radius 3 is 3.00 bits per heavy atom. The van der Waals surface area contributed by atoms with Crippen molar-refractivity contribution in [2.24, 2.45) is 7.05 Å². The van der Waals surface area contributed by atoms with Crippen molar-refractivity contribution in [3.63, 3.8) is 0 Å². The largest absolute Gasteiger partial charge is 0.449 e. The van der Waals surface area contributed by atoms with E-state index in [-0.39, 0.29) is 0 Å². The van der Waals surface area contributed by atoms with Gasteiger partial charge in [0.2, 0.25) is 0 Å². The zero-order chi connectivity index (χ0) is 20.2. The zero-order valence-electron chi connectivity index (χ0n) is 16.1. The minimum Gasteiger partial charge on any atom is -0.449 e. The molecule has 150 valence electrons. The van der Waals surface area contributed by atoms with Crippen molar-refractivity contribution in [3.05, 3.63) is 53.9 Å². The summed E-state index contributed by atoms with van der Waals surface area (Å²) in [6, 6.07) is 11.9. The molecule has 8 nitrogen and oxygen atoms in total. The van der Waals surface area contributed by atoms with Crippen molar-refractivity contribution in [2.45, 2.75) is 22.9 Å². The molecule has 1 atom stereocenters. The second-order valence-corrected chi connectivity index (χ2v) is 8.26. The molecule has 6 rings (SSSR count).